The van der Waals surface area contributed by atoms with Crippen molar-refractivity contribution in [2.75, 3.05) is 26.2 Å². The van der Waals surface area contributed by atoms with Gasteiger partial charge in [-0.3, -0.25) is 14.9 Å². The van der Waals surface area contributed by atoms with E-state index in [-0.39, 0.29) is 37.8 Å². The molecule has 1 fully saturated rings. The summed E-state index contributed by atoms with van der Waals surface area (Å²) in [7, 11) is -3.58. The second-order valence-electron chi connectivity index (χ2n) is 6.26. The summed E-state index contributed by atoms with van der Waals surface area (Å²) < 4.78 is 26.3. The molecule has 0 saturated carbocycles. The summed E-state index contributed by atoms with van der Waals surface area (Å²) in [5.41, 5.74) is 0.718. The van der Waals surface area contributed by atoms with Gasteiger partial charge < -0.3 is 4.90 Å². The number of amides is 1. The van der Waals surface area contributed by atoms with E-state index >= 15 is 0 Å². The summed E-state index contributed by atoms with van der Waals surface area (Å²) in [4.78, 5) is 25.3. The number of hydrogen-bond acceptors (Lipinski definition) is 6. The zero-order valence-corrected chi connectivity index (χ0v) is 16.8. The van der Waals surface area contributed by atoms with Crippen LogP contribution in [0.5, 0.6) is 0 Å². The van der Waals surface area contributed by atoms with Crippen molar-refractivity contribution in [2.24, 2.45) is 0 Å². The molecule has 2 heterocycles. The van der Waals surface area contributed by atoms with Gasteiger partial charge in [0.15, 0.2) is 0 Å². The first-order chi connectivity index (χ1) is 13.3. The Morgan fingerprint density at radius 3 is 2.39 bits per heavy atom. The van der Waals surface area contributed by atoms with Gasteiger partial charge in [0.2, 0.25) is 10.0 Å². The summed E-state index contributed by atoms with van der Waals surface area (Å²) in [5, 5.41) is 12.1. The van der Waals surface area contributed by atoms with Crippen LogP contribution >= 0.6 is 11.3 Å². The zero-order valence-electron chi connectivity index (χ0n) is 15.1. The van der Waals surface area contributed by atoms with E-state index in [4.69, 9.17) is 0 Å². The van der Waals surface area contributed by atoms with Crippen molar-refractivity contribution >= 4 is 39.0 Å². The van der Waals surface area contributed by atoms with Crippen molar-refractivity contribution in [3.63, 3.8) is 0 Å². The lowest BCUT2D eigenvalue weighted by molar-refractivity contribution is -0.385. The standard InChI is InChI=1S/C18H19N3O5S2/c1-14-16(21(23)24)13-17(27-14)18(22)19-8-10-20(11-9-19)28(25,26)12-7-15-5-3-2-4-6-15/h2-7,12-13H,8-11H2,1H3/b12-7+. The number of nitrogens with zero attached hydrogens (tertiary/aromatic N) is 3. The lowest BCUT2D eigenvalue weighted by atomic mass is 10.2. The Bertz CT molecular complexity index is 1010. The van der Waals surface area contributed by atoms with Gasteiger partial charge in [-0.1, -0.05) is 30.3 Å². The first kappa shape index (κ1) is 20.2. The summed E-state index contributed by atoms with van der Waals surface area (Å²) in [5.74, 6) is -0.307. The SMILES string of the molecule is Cc1sc(C(=O)N2CCN(S(=O)(=O)/C=C/c3ccccc3)CC2)cc1[N+](=O)[O-]. The topological polar surface area (TPSA) is 101 Å². The molecule has 0 aliphatic carbocycles. The number of rotatable bonds is 5. The Morgan fingerprint density at radius 2 is 1.82 bits per heavy atom. The van der Waals surface area contributed by atoms with Gasteiger partial charge in [-0.15, -0.1) is 11.3 Å². The molecule has 2 aromatic rings. The molecule has 0 spiro atoms. The van der Waals surface area contributed by atoms with Crippen LogP contribution in [-0.4, -0.2) is 54.6 Å². The van der Waals surface area contributed by atoms with Crippen molar-refractivity contribution in [3.8, 4) is 0 Å². The minimum atomic E-state index is -3.58. The van der Waals surface area contributed by atoms with Crippen LogP contribution in [0.2, 0.25) is 0 Å². The Labute approximate surface area is 166 Å². The van der Waals surface area contributed by atoms with Crippen LogP contribution in [0.4, 0.5) is 5.69 Å². The highest BCUT2D eigenvalue weighted by atomic mass is 32.2. The van der Waals surface area contributed by atoms with E-state index in [0.717, 1.165) is 16.9 Å². The van der Waals surface area contributed by atoms with Gasteiger partial charge in [0, 0.05) is 37.7 Å². The van der Waals surface area contributed by atoms with Crippen LogP contribution in [0, 0.1) is 17.0 Å². The fraction of sp³-hybridized carbons (Fsp3) is 0.278. The van der Waals surface area contributed by atoms with Crippen LogP contribution in [-0.2, 0) is 10.0 Å². The van der Waals surface area contributed by atoms with Crippen LogP contribution in [0.3, 0.4) is 0 Å². The predicted molar refractivity (Wildman–Crippen MR) is 108 cm³/mol. The van der Waals surface area contributed by atoms with Crippen molar-refractivity contribution in [3.05, 3.63) is 67.2 Å². The first-order valence-corrected chi connectivity index (χ1v) is 10.9. The molecule has 0 unspecified atom stereocenters. The fourth-order valence-corrected chi connectivity index (χ4v) is 5.00. The molecule has 10 heteroatoms. The van der Waals surface area contributed by atoms with Crippen molar-refractivity contribution < 1.29 is 18.1 Å². The zero-order chi connectivity index (χ0) is 20.3. The van der Waals surface area contributed by atoms with Crippen LogP contribution in [0.15, 0.2) is 41.8 Å². The van der Waals surface area contributed by atoms with E-state index in [0.29, 0.717) is 9.75 Å². The van der Waals surface area contributed by atoms with Gasteiger partial charge in [0.1, 0.15) is 0 Å². The smallest absolute Gasteiger partial charge is 0.283 e. The fourth-order valence-electron chi connectivity index (χ4n) is 2.88. The molecule has 3 rings (SSSR count). The number of thiophene rings is 1. The highest BCUT2D eigenvalue weighted by Crippen LogP contribution is 2.29. The van der Waals surface area contributed by atoms with Crippen molar-refractivity contribution in [2.45, 2.75) is 6.92 Å². The first-order valence-electron chi connectivity index (χ1n) is 8.55. The molecule has 0 radical (unpaired) electrons. The van der Waals surface area contributed by atoms with E-state index in [1.165, 1.54) is 20.7 Å². The maximum absolute atomic E-state index is 12.6. The third-order valence-corrected chi connectivity index (χ3v) is 7.01. The van der Waals surface area contributed by atoms with E-state index in [1.807, 2.05) is 30.3 Å². The second-order valence-corrected chi connectivity index (χ2v) is 9.33. The largest absolute Gasteiger partial charge is 0.335 e. The van der Waals surface area contributed by atoms with Gasteiger partial charge in [0.25, 0.3) is 11.6 Å². The maximum Gasteiger partial charge on any atom is 0.283 e. The van der Waals surface area contributed by atoms with Gasteiger partial charge in [0.05, 0.1) is 14.7 Å². The third kappa shape index (κ3) is 4.46. The van der Waals surface area contributed by atoms with Crippen LogP contribution in [0.1, 0.15) is 20.1 Å². The minimum absolute atomic E-state index is 0.0689. The summed E-state index contributed by atoms with van der Waals surface area (Å²) >= 11 is 1.08. The molecule has 148 valence electrons. The van der Waals surface area contributed by atoms with E-state index in [9.17, 15) is 23.3 Å². The van der Waals surface area contributed by atoms with Crippen LogP contribution in [0.25, 0.3) is 6.08 Å². The molecule has 0 N–H and O–H groups in total. The number of nitro groups is 1. The highest BCUT2D eigenvalue weighted by Gasteiger charge is 2.29. The number of sulfonamides is 1. The van der Waals surface area contributed by atoms with E-state index in [1.54, 1.807) is 13.0 Å². The summed E-state index contributed by atoms with van der Waals surface area (Å²) in [6, 6.07) is 10.4. The molecule has 0 bridgehead atoms. The monoisotopic (exact) mass is 421 g/mol. The Balaban J connectivity index is 1.63. The third-order valence-electron chi connectivity index (χ3n) is 4.42. The summed E-state index contributed by atoms with van der Waals surface area (Å²) in [6.45, 7) is 2.44. The van der Waals surface area contributed by atoms with Gasteiger partial charge in [-0.25, -0.2) is 8.42 Å². The Morgan fingerprint density at radius 1 is 1.18 bits per heavy atom. The van der Waals surface area contributed by atoms with E-state index in [2.05, 4.69) is 0 Å². The maximum atomic E-state index is 12.6. The quantitative estimate of drug-likeness (QED) is 0.546. The van der Waals surface area contributed by atoms with Crippen molar-refractivity contribution in [1.29, 1.82) is 0 Å². The van der Waals surface area contributed by atoms with Gasteiger partial charge in [-0.05, 0) is 18.6 Å². The number of carbonyl (C=O) groups is 1. The molecule has 1 amide bonds. The van der Waals surface area contributed by atoms with Gasteiger partial charge in [-0.2, -0.15) is 4.31 Å². The van der Waals surface area contributed by atoms with Crippen LogP contribution < -0.4 is 0 Å². The number of aryl methyl sites for hydroxylation is 1. The molecule has 0 atom stereocenters. The van der Waals surface area contributed by atoms with Crippen molar-refractivity contribution in [1.82, 2.24) is 9.21 Å². The summed E-state index contributed by atoms with van der Waals surface area (Å²) in [6.07, 6.45) is 1.54. The lowest BCUT2D eigenvalue weighted by Crippen LogP contribution is -2.49. The molecule has 1 aromatic heterocycles. The number of hydrogen-bond donors (Lipinski definition) is 0. The minimum Gasteiger partial charge on any atom is -0.335 e. The van der Waals surface area contributed by atoms with E-state index < -0.39 is 14.9 Å². The van der Waals surface area contributed by atoms with Gasteiger partial charge >= 0.3 is 0 Å². The lowest BCUT2D eigenvalue weighted by Gasteiger charge is -2.33. The Kier molecular flexibility index (Phi) is 5.92. The molecule has 8 nitrogen and oxygen atoms in total. The highest BCUT2D eigenvalue weighted by molar-refractivity contribution is 7.92. The molecule has 1 aliphatic rings. The second kappa shape index (κ2) is 8.21. The molecule has 1 saturated heterocycles. The predicted octanol–water partition coefficient (Wildman–Crippen LogP) is 2.72. The number of carbonyl (C=O) groups excluding carboxylic acids is 1. The molecular weight excluding hydrogens is 402 g/mol. The number of benzene rings is 1. The molecule has 1 aliphatic heterocycles. The number of piperazine rings is 1. The molecular formula is C18H19N3O5S2. The molecule has 28 heavy (non-hydrogen) atoms. The molecule has 1 aromatic carbocycles. The average Bonchev–Trinajstić information content (AvgIpc) is 3.09. The normalized spacial score (nSPS) is 15.8. The Hall–Kier alpha value is -2.56. The average molecular weight is 422 g/mol.